The highest BCUT2D eigenvalue weighted by Crippen LogP contribution is 2.14. The summed E-state index contributed by atoms with van der Waals surface area (Å²) in [6.45, 7) is 5.15. The molecule has 92 valence electrons. The van der Waals surface area contributed by atoms with Gasteiger partial charge >= 0.3 is 5.97 Å². The van der Waals surface area contributed by atoms with Crippen LogP contribution in [-0.2, 0) is 14.3 Å². The monoisotopic (exact) mass is 236 g/mol. The van der Waals surface area contributed by atoms with Gasteiger partial charge in [-0.2, -0.15) is 0 Å². The summed E-state index contributed by atoms with van der Waals surface area (Å²) in [7, 11) is 0. The molecule has 1 atom stereocenters. The molecule has 1 aromatic carbocycles. The highest BCUT2D eigenvalue weighted by molar-refractivity contribution is 6.01. The number of carbonyl (C=O) groups is 2. The molecule has 1 rings (SSSR count). The summed E-state index contributed by atoms with van der Waals surface area (Å²) < 4.78 is 10.1. The van der Waals surface area contributed by atoms with Crippen molar-refractivity contribution in [2.75, 3.05) is 6.61 Å². The fourth-order valence-corrected chi connectivity index (χ4v) is 1.27. The third kappa shape index (κ3) is 3.90. The lowest BCUT2D eigenvalue weighted by Gasteiger charge is -2.14. The molecule has 0 fully saturated rings. The van der Waals surface area contributed by atoms with Gasteiger partial charge in [0, 0.05) is 0 Å². The van der Waals surface area contributed by atoms with Crippen molar-refractivity contribution in [2.45, 2.75) is 26.9 Å². The number of carbonyl (C=O) groups excluding carboxylic acids is 2. The highest BCUT2D eigenvalue weighted by Gasteiger charge is 2.26. The fourth-order valence-electron chi connectivity index (χ4n) is 1.27. The first-order chi connectivity index (χ1) is 8.04. The Bertz CT molecular complexity index is 394. The number of rotatable bonds is 5. The van der Waals surface area contributed by atoms with Gasteiger partial charge < -0.3 is 9.47 Å². The van der Waals surface area contributed by atoms with Crippen LogP contribution in [0.25, 0.3) is 0 Å². The highest BCUT2D eigenvalue weighted by atomic mass is 16.6. The Labute approximate surface area is 101 Å². The lowest BCUT2D eigenvalue weighted by atomic mass is 10.2. The van der Waals surface area contributed by atoms with E-state index in [1.807, 2.05) is 19.1 Å². The Kier molecular flexibility index (Phi) is 4.69. The third-order valence-corrected chi connectivity index (χ3v) is 2.14. The molecule has 0 N–H and O–H groups in total. The van der Waals surface area contributed by atoms with Gasteiger partial charge in [-0.25, -0.2) is 4.79 Å². The Morgan fingerprint density at radius 3 is 2.29 bits per heavy atom. The summed E-state index contributed by atoms with van der Waals surface area (Å²) >= 11 is 0. The van der Waals surface area contributed by atoms with Crippen LogP contribution in [-0.4, -0.2) is 24.5 Å². The first kappa shape index (κ1) is 13.2. The first-order valence-corrected chi connectivity index (χ1v) is 5.45. The number of ether oxygens (including phenoxy) is 2. The molecule has 0 spiro atoms. The van der Waals surface area contributed by atoms with Crippen LogP contribution in [0.1, 0.15) is 19.4 Å². The summed E-state index contributed by atoms with van der Waals surface area (Å²) in [5.41, 5.74) is 1.08. The minimum atomic E-state index is -1.18. The Hall–Kier alpha value is -1.84. The molecule has 4 heteroatoms. The van der Waals surface area contributed by atoms with Gasteiger partial charge in [0.25, 0.3) is 6.10 Å². The second kappa shape index (κ2) is 6.03. The second-order valence-electron chi connectivity index (χ2n) is 3.67. The molecular weight excluding hydrogens is 220 g/mol. The number of hydrogen-bond donors (Lipinski definition) is 0. The predicted molar refractivity (Wildman–Crippen MR) is 62.9 cm³/mol. The maximum atomic E-state index is 11.5. The standard InChI is InChI=1S/C13H16O4/c1-4-16-13(15)12(10(3)14)17-11-7-5-9(2)6-8-11/h5-8,12H,4H2,1-3H3/t12-/m1/s1. The van der Waals surface area contributed by atoms with E-state index in [1.54, 1.807) is 19.1 Å². The maximum Gasteiger partial charge on any atom is 0.355 e. The summed E-state index contributed by atoms with van der Waals surface area (Å²) in [6, 6.07) is 7.12. The molecular formula is C13H16O4. The molecule has 0 saturated carbocycles. The first-order valence-electron chi connectivity index (χ1n) is 5.45. The lowest BCUT2D eigenvalue weighted by Crippen LogP contribution is -2.35. The van der Waals surface area contributed by atoms with Gasteiger partial charge in [-0.3, -0.25) is 4.79 Å². The maximum absolute atomic E-state index is 11.5. The average molecular weight is 236 g/mol. The zero-order valence-corrected chi connectivity index (χ0v) is 10.2. The van der Waals surface area contributed by atoms with Crippen LogP contribution in [0.15, 0.2) is 24.3 Å². The number of aryl methyl sites for hydroxylation is 1. The molecule has 0 aliphatic heterocycles. The summed E-state index contributed by atoms with van der Waals surface area (Å²) in [6.07, 6.45) is -1.18. The van der Waals surface area contributed by atoms with Gasteiger partial charge in [0.15, 0.2) is 5.78 Å². The molecule has 4 nitrogen and oxygen atoms in total. The summed E-state index contributed by atoms with van der Waals surface area (Å²) in [5.74, 6) is -0.548. The van der Waals surface area contributed by atoms with E-state index in [2.05, 4.69) is 0 Å². The normalized spacial score (nSPS) is 11.7. The second-order valence-corrected chi connectivity index (χ2v) is 3.67. The van der Waals surface area contributed by atoms with E-state index >= 15 is 0 Å². The molecule has 0 bridgehead atoms. The number of esters is 1. The van der Waals surface area contributed by atoms with Crippen molar-refractivity contribution < 1.29 is 19.1 Å². The number of Topliss-reactive ketones (excluding diaryl/α,β-unsaturated/α-hetero) is 1. The minimum absolute atomic E-state index is 0.222. The van der Waals surface area contributed by atoms with Crippen LogP contribution in [0.3, 0.4) is 0 Å². The topological polar surface area (TPSA) is 52.6 Å². The summed E-state index contributed by atoms with van der Waals surface area (Å²) in [4.78, 5) is 22.8. The number of benzene rings is 1. The molecule has 0 aromatic heterocycles. The minimum Gasteiger partial charge on any atom is -0.471 e. The largest absolute Gasteiger partial charge is 0.471 e. The van der Waals surface area contributed by atoms with Gasteiger partial charge in [0.1, 0.15) is 5.75 Å². The van der Waals surface area contributed by atoms with Gasteiger partial charge in [-0.05, 0) is 32.9 Å². The Morgan fingerprint density at radius 1 is 1.24 bits per heavy atom. The Morgan fingerprint density at radius 2 is 1.82 bits per heavy atom. The molecule has 1 aromatic rings. The van der Waals surface area contributed by atoms with Crippen LogP contribution < -0.4 is 4.74 Å². The fraction of sp³-hybridized carbons (Fsp3) is 0.385. The van der Waals surface area contributed by atoms with Crippen LogP contribution in [0.4, 0.5) is 0 Å². The molecule has 0 heterocycles. The van der Waals surface area contributed by atoms with E-state index in [0.717, 1.165) is 5.56 Å². The van der Waals surface area contributed by atoms with Crippen molar-refractivity contribution in [3.63, 3.8) is 0 Å². The van der Waals surface area contributed by atoms with Crippen molar-refractivity contribution in [1.82, 2.24) is 0 Å². The van der Waals surface area contributed by atoms with Gasteiger partial charge in [-0.1, -0.05) is 17.7 Å². The molecule has 0 amide bonds. The van der Waals surface area contributed by atoms with Crippen LogP contribution >= 0.6 is 0 Å². The van der Waals surface area contributed by atoms with Gasteiger partial charge in [0.05, 0.1) is 6.61 Å². The van der Waals surface area contributed by atoms with Crippen molar-refractivity contribution in [1.29, 1.82) is 0 Å². The van der Waals surface area contributed by atoms with E-state index in [4.69, 9.17) is 9.47 Å². The summed E-state index contributed by atoms with van der Waals surface area (Å²) in [5, 5.41) is 0. The van der Waals surface area contributed by atoms with Gasteiger partial charge in [-0.15, -0.1) is 0 Å². The van der Waals surface area contributed by atoms with Gasteiger partial charge in [0.2, 0.25) is 0 Å². The quantitative estimate of drug-likeness (QED) is 0.578. The molecule has 0 aliphatic carbocycles. The Balaban J connectivity index is 2.76. The zero-order valence-electron chi connectivity index (χ0n) is 10.2. The molecule has 0 aliphatic rings. The SMILES string of the molecule is CCOC(=O)[C@H](Oc1ccc(C)cc1)C(C)=O. The van der Waals surface area contributed by atoms with E-state index in [1.165, 1.54) is 6.92 Å². The molecule has 17 heavy (non-hydrogen) atoms. The van der Waals surface area contributed by atoms with Crippen molar-refractivity contribution in [2.24, 2.45) is 0 Å². The van der Waals surface area contributed by atoms with Crippen LogP contribution in [0.5, 0.6) is 5.75 Å². The van der Waals surface area contributed by atoms with Crippen molar-refractivity contribution >= 4 is 11.8 Å². The van der Waals surface area contributed by atoms with E-state index in [0.29, 0.717) is 5.75 Å². The van der Waals surface area contributed by atoms with E-state index < -0.39 is 12.1 Å². The number of hydrogen-bond acceptors (Lipinski definition) is 4. The smallest absolute Gasteiger partial charge is 0.355 e. The van der Waals surface area contributed by atoms with E-state index in [-0.39, 0.29) is 12.4 Å². The number of ketones is 1. The average Bonchev–Trinajstić information content (AvgIpc) is 2.28. The molecule has 0 unspecified atom stereocenters. The van der Waals surface area contributed by atoms with Crippen molar-refractivity contribution in [3.8, 4) is 5.75 Å². The third-order valence-electron chi connectivity index (χ3n) is 2.14. The van der Waals surface area contributed by atoms with E-state index in [9.17, 15) is 9.59 Å². The van der Waals surface area contributed by atoms with Crippen molar-refractivity contribution in [3.05, 3.63) is 29.8 Å². The zero-order chi connectivity index (χ0) is 12.8. The predicted octanol–water partition coefficient (Wildman–Crippen LogP) is 1.89. The van der Waals surface area contributed by atoms with Crippen LogP contribution in [0, 0.1) is 6.92 Å². The van der Waals surface area contributed by atoms with Crippen LogP contribution in [0.2, 0.25) is 0 Å². The molecule has 0 saturated heterocycles. The molecule has 0 radical (unpaired) electrons. The lowest BCUT2D eigenvalue weighted by molar-refractivity contribution is -0.154.